The van der Waals surface area contributed by atoms with Gasteiger partial charge in [0.15, 0.2) is 17.4 Å². The van der Waals surface area contributed by atoms with E-state index in [-0.39, 0.29) is 22.8 Å². The van der Waals surface area contributed by atoms with Gasteiger partial charge in [0.25, 0.3) is 0 Å². The van der Waals surface area contributed by atoms with Gasteiger partial charge in [-0.1, -0.05) is 41.4 Å². The van der Waals surface area contributed by atoms with Crippen molar-refractivity contribution in [3.63, 3.8) is 0 Å². The summed E-state index contributed by atoms with van der Waals surface area (Å²) in [5, 5.41) is 12.8. The predicted molar refractivity (Wildman–Crippen MR) is 148 cm³/mol. The number of nitrogens with one attached hydrogen (secondary N) is 1. The number of nitrogens with zero attached hydrogens (tertiary/aromatic N) is 2. The maximum Gasteiger partial charge on any atom is 0.250 e. The topological polar surface area (TPSA) is 72.9 Å². The van der Waals surface area contributed by atoms with Crippen LogP contribution in [0.25, 0.3) is 0 Å². The minimum Gasteiger partial charge on any atom is -0.503 e. The van der Waals surface area contributed by atoms with Crippen molar-refractivity contribution < 1.29 is 27.9 Å². The lowest BCUT2D eigenvalue weighted by molar-refractivity contribution is -0.128. The lowest BCUT2D eigenvalue weighted by Gasteiger charge is -2.40. The van der Waals surface area contributed by atoms with Gasteiger partial charge in [-0.25, -0.2) is 13.2 Å². The monoisotopic (exact) mass is 601 g/mol. The van der Waals surface area contributed by atoms with Gasteiger partial charge in [0.1, 0.15) is 11.4 Å². The molecule has 2 amide bonds. The first-order valence-corrected chi connectivity index (χ1v) is 14.2. The second kappa shape index (κ2) is 9.37. The van der Waals surface area contributed by atoms with Crippen LogP contribution in [0.15, 0.2) is 48.5 Å². The lowest BCUT2D eigenvalue weighted by atomic mass is 9.70. The Morgan fingerprint density at radius 1 is 1.00 bits per heavy atom. The van der Waals surface area contributed by atoms with E-state index in [4.69, 9.17) is 23.2 Å². The van der Waals surface area contributed by atoms with E-state index >= 15 is 4.39 Å². The molecule has 3 aromatic carbocycles. The summed E-state index contributed by atoms with van der Waals surface area (Å²) in [4.78, 5) is 32.0. The number of benzene rings is 3. The average molecular weight is 602 g/mol. The number of phenols is 1. The number of carbonyl (C=O) groups is 2. The number of aromatic hydroxyl groups is 1. The van der Waals surface area contributed by atoms with Crippen molar-refractivity contribution in [2.45, 2.75) is 36.8 Å². The summed E-state index contributed by atoms with van der Waals surface area (Å²) in [5.41, 5.74) is -0.333. The van der Waals surface area contributed by atoms with Crippen LogP contribution in [0.1, 0.15) is 36.3 Å². The second-order valence-corrected chi connectivity index (χ2v) is 12.1. The number of phenolic OH excluding ortho intramolecular Hbond substituents is 1. The zero-order valence-electron chi connectivity index (χ0n) is 21.5. The SMILES string of the molecule is O=C1[C@@H]2[C@H](CCN1c1cc(F)c(O)c(F)c1)N(CC1CC1)[C@@]1(C(=O)Nc3cc(Cl)ccc31)[C@H]2c1cccc(Cl)c1F. The average Bonchev–Trinajstić information content (AvgIpc) is 3.65. The molecule has 212 valence electrons. The van der Waals surface area contributed by atoms with Gasteiger partial charge in [-0.15, -0.1) is 0 Å². The first-order chi connectivity index (χ1) is 19.6. The molecule has 6 nitrogen and oxygen atoms in total. The number of amides is 2. The highest BCUT2D eigenvalue weighted by Gasteiger charge is 2.70. The van der Waals surface area contributed by atoms with E-state index in [0.29, 0.717) is 35.2 Å². The molecule has 0 radical (unpaired) electrons. The Labute approximate surface area is 243 Å². The van der Waals surface area contributed by atoms with Crippen LogP contribution in [0.2, 0.25) is 10.0 Å². The van der Waals surface area contributed by atoms with Crippen LogP contribution in [0.4, 0.5) is 24.5 Å². The van der Waals surface area contributed by atoms with Crippen molar-refractivity contribution in [3.05, 3.63) is 87.2 Å². The smallest absolute Gasteiger partial charge is 0.250 e. The Bertz CT molecular complexity index is 1610. The molecule has 1 aliphatic carbocycles. The van der Waals surface area contributed by atoms with Gasteiger partial charge in [-0.3, -0.25) is 14.5 Å². The minimum atomic E-state index is -1.46. The van der Waals surface area contributed by atoms with E-state index in [9.17, 15) is 23.5 Å². The van der Waals surface area contributed by atoms with Gasteiger partial charge in [0.2, 0.25) is 11.8 Å². The fraction of sp³-hybridized carbons (Fsp3) is 0.333. The van der Waals surface area contributed by atoms with E-state index in [2.05, 4.69) is 10.2 Å². The van der Waals surface area contributed by atoms with Crippen LogP contribution in [0.5, 0.6) is 5.75 Å². The molecule has 0 unspecified atom stereocenters. The molecule has 41 heavy (non-hydrogen) atoms. The van der Waals surface area contributed by atoms with Crippen LogP contribution in [0, 0.1) is 29.3 Å². The number of hydrogen-bond acceptors (Lipinski definition) is 4. The number of piperidine rings is 1. The van der Waals surface area contributed by atoms with Gasteiger partial charge in [0, 0.05) is 59.1 Å². The number of hydrogen-bond donors (Lipinski definition) is 2. The summed E-state index contributed by atoms with van der Waals surface area (Å²) in [5.74, 6) is -6.82. The first kappa shape index (κ1) is 26.6. The molecule has 0 bridgehead atoms. The highest BCUT2D eigenvalue weighted by atomic mass is 35.5. The number of fused-ring (bicyclic) bond motifs is 3. The quantitative estimate of drug-likeness (QED) is 0.374. The normalized spacial score (nSPS) is 27.3. The minimum absolute atomic E-state index is 0.0654. The molecule has 3 fully saturated rings. The summed E-state index contributed by atoms with van der Waals surface area (Å²) in [7, 11) is 0. The number of rotatable bonds is 4. The number of halogens is 5. The highest BCUT2D eigenvalue weighted by molar-refractivity contribution is 6.31. The third kappa shape index (κ3) is 3.82. The van der Waals surface area contributed by atoms with E-state index in [1.165, 1.54) is 11.0 Å². The van der Waals surface area contributed by atoms with Gasteiger partial charge in [-0.05, 0) is 48.9 Å². The number of anilines is 2. The fourth-order valence-corrected chi connectivity index (χ4v) is 7.55. The molecular formula is C30H24Cl2F3N3O3. The van der Waals surface area contributed by atoms with Crippen molar-refractivity contribution in [2.24, 2.45) is 11.8 Å². The van der Waals surface area contributed by atoms with E-state index in [1.54, 1.807) is 30.3 Å². The first-order valence-electron chi connectivity index (χ1n) is 13.4. The van der Waals surface area contributed by atoms with Crippen molar-refractivity contribution in [1.29, 1.82) is 0 Å². The molecule has 7 rings (SSSR count). The van der Waals surface area contributed by atoms with Crippen LogP contribution in [-0.4, -0.2) is 41.0 Å². The molecule has 1 spiro atoms. The third-order valence-corrected chi connectivity index (χ3v) is 9.57. The molecule has 11 heteroatoms. The molecule has 2 N–H and O–H groups in total. The van der Waals surface area contributed by atoms with Gasteiger partial charge in [-0.2, -0.15) is 0 Å². The molecule has 0 aromatic heterocycles. The molecule has 2 saturated heterocycles. The number of likely N-dealkylation sites (tertiary alicyclic amines) is 1. The largest absolute Gasteiger partial charge is 0.503 e. The molecule has 3 aromatic rings. The van der Waals surface area contributed by atoms with Crippen LogP contribution in [-0.2, 0) is 15.1 Å². The molecular weight excluding hydrogens is 578 g/mol. The third-order valence-electron chi connectivity index (χ3n) is 9.05. The predicted octanol–water partition coefficient (Wildman–Crippen LogP) is 6.19. The summed E-state index contributed by atoms with van der Waals surface area (Å²) < 4.78 is 44.7. The van der Waals surface area contributed by atoms with Gasteiger partial charge < -0.3 is 15.3 Å². The second-order valence-electron chi connectivity index (χ2n) is 11.3. The Morgan fingerprint density at radius 3 is 2.44 bits per heavy atom. The maximum atomic E-state index is 16.0. The zero-order chi connectivity index (χ0) is 28.8. The molecule has 4 aliphatic rings. The molecule has 1 saturated carbocycles. The van der Waals surface area contributed by atoms with Crippen LogP contribution < -0.4 is 10.2 Å². The van der Waals surface area contributed by atoms with Crippen LogP contribution >= 0.6 is 23.2 Å². The summed E-state index contributed by atoms with van der Waals surface area (Å²) in [6, 6.07) is 10.9. The van der Waals surface area contributed by atoms with Gasteiger partial charge >= 0.3 is 0 Å². The van der Waals surface area contributed by atoms with Crippen molar-refractivity contribution in [1.82, 2.24) is 4.90 Å². The van der Waals surface area contributed by atoms with Crippen molar-refractivity contribution >= 4 is 46.4 Å². The molecule has 4 atom stereocenters. The standard InChI is InChI=1S/C30H24Cl2F3N3O3/c31-15-6-7-18-22(10-15)36-29(41)30(18)25(17-2-1-3-19(32)26(17)35)24-23(38(30)13-14-4-5-14)8-9-37(28(24)40)16-11-20(33)27(39)21(34)12-16/h1-3,6-7,10-12,14,23-25,39H,4-5,8-9,13H2,(H,36,41)/t23-,24+,25-,30+/m0/s1. The van der Waals surface area contributed by atoms with E-state index < -0.39 is 58.4 Å². The van der Waals surface area contributed by atoms with E-state index in [1.807, 2.05) is 0 Å². The fourth-order valence-electron chi connectivity index (χ4n) is 7.20. The van der Waals surface area contributed by atoms with E-state index in [0.717, 1.165) is 25.0 Å². The van der Waals surface area contributed by atoms with Crippen molar-refractivity contribution in [3.8, 4) is 5.75 Å². The Kier molecular flexibility index (Phi) is 6.09. The van der Waals surface area contributed by atoms with Crippen LogP contribution in [0.3, 0.4) is 0 Å². The number of carbonyl (C=O) groups excluding carboxylic acids is 2. The Morgan fingerprint density at radius 2 is 1.73 bits per heavy atom. The Hall–Kier alpha value is -3.27. The molecule has 3 aliphatic heterocycles. The maximum absolute atomic E-state index is 16.0. The molecule has 3 heterocycles. The highest BCUT2D eigenvalue weighted by Crippen LogP contribution is 2.62. The Balaban J connectivity index is 1.46. The lowest BCUT2D eigenvalue weighted by Crippen LogP contribution is -2.54. The zero-order valence-corrected chi connectivity index (χ0v) is 23.0. The summed E-state index contributed by atoms with van der Waals surface area (Å²) in [6.07, 6.45) is 2.31. The van der Waals surface area contributed by atoms with Crippen molar-refractivity contribution in [2.75, 3.05) is 23.3 Å². The summed E-state index contributed by atoms with van der Waals surface area (Å²) in [6.45, 7) is 0.631. The summed E-state index contributed by atoms with van der Waals surface area (Å²) >= 11 is 12.5. The van der Waals surface area contributed by atoms with Gasteiger partial charge in [0.05, 0.1) is 10.9 Å².